The Hall–Kier alpha value is -2.13. The molecule has 3 nitrogen and oxygen atoms in total. The second kappa shape index (κ2) is 11.6. The van der Waals surface area contributed by atoms with E-state index < -0.39 is 0 Å². The Labute approximate surface area is 165 Å². The van der Waals surface area contributed by atoms with Crippen molar-refractivity contribution in [3.8, 4) is 11.1 Å². The van der Waals surface area contributed by atoms with Gasteiger partial charge in [-0.25, -0.2) is 0 Å². The van der Waals surface area contributed by atoms with Crippen LogP contribution >= 0.6 is 0 Å². The molecule has 0 saturated heterocycles. The Morgan fingerprint density at radius 2 is 1.52 bits per heavy atom. The molecule has 0 aromatic heterocycles. The number of hydrogen-bond donors (Lipinski definition) is 2. The third-order valence-electron chi connectivity index (χ3n) is 5.13. The minimum atomic E-state index is -0.387. The Morgan fingerprint density at radius 1 is 0.889 bits per heavy atom. The van der Waals surface area contributed by atoms with Crippen LogP contribution in [0.2, 0.25) is 0 Å². The van der Waals surface area contributed by atoms with Gasteiger partial charge in [0, 0.05) is 18.2 Å². The molecule has 1 saturated carbocycles. The molecule has 148 valence electrons. The average Bonchev–Trinajstić information content (AvgIpc) is 2.61. The zero-order valence-electron chi connectivity index (χ0n) is 14.8. The van der Waals surface area contributed by atoms with E-state index in [1.54, 1.807) is 6.07 Å². The zero-order valence-corrected chi connectivity index (χ0v) is 14.8. The summed E-state index contributed by atoms with van der Waals surface area (Å²) in [7, 11) is 0. The third-order valence-corrected chi connectivity index (χ3v) is 5.13. The molecule has 3 rings (SSSR count). The lowest BCUT2D eigenvalue weighted by Gasteiger charge is -2.21. The number of rotatable bonds is 5. The molecule has 0 bridgehead atoms. The van der Waals surface area contributed by atoms with E-state index in [1.807, 2.05) is 18.2 Å². The first-order chi connectivity index (χ1) is 12.2. The molecule has 0 spiro atoms. The first-order valence-corrected chi connectivity index (χ1v) is 9.45. The van der Waals surface area contributed by atoms with Crippen LogP contribution in [0.1, 0.15) is 75.7 Å². The van der Waals surface area contributed by atoms with Crippen LogP contribution in [0.15, 0.2) is 48.5 Å². The summed E-state index contributed by atoms with van der Waals surface area (Å²) in [5, 5.41) is 3.73. The second-order valence-electron chi connectivity index (χ2n) is 7.06. The summed E-state index contributed by atoms with van der Waals surface area (Å²) in [5.74, 6) is -0.387. The van der Waals surface area contributed by atoms with Crippen LogP contribution in [-0.4, -0.2) is 11.9 Å². The van der Waals surface area contributed by atoms with Crippen LogP contribution in [-0.2, 0) is 6.54 Å². The van der Waals surface area contributed by atoms with E-state index in [0.717, 1.165) is 17.7 Å². The smallest absolute Gasteiger partial charge is 0.248 e. The lowest BCUT2D eigenvalue weighted by molar-refractivity contribution is 0.100. The van der Waals surface area contributed by atoms with Gasteiger partial charge >= 0.3 is 0 Å². The molecular formula is C24H36N2O. The summed E-state index contributed by atoms with van der Waals surface area (Å²) in [6, 6.07) is 16.7. The lowest BCUT2D eigenvalue weighted by atomic mass is 9.96. The van der Waals surface area contributed by atoms with Gasteiger partial charge in [-0.15, -0.1) is 0 Å². The molecule has 1 aliphatic rings. The van der Waals surface area contributed by atoms with Crippen LogP contribution < -0.4 is 11.1 Å². The van der Waals surface area contributed by atoms with Gasteiger partial charge in [-0.05, 0) is 41.7 Å². The maximum absolute atomic E-state index is 11.3. The minimum absolute atomic E-state index is 0. The third kappa shape index (κ3) is 6.84. The van der Waals surface area contributed by atoms with Gasteiger partial charge in [0.15, 0.2) is 0 Å². The summed E-state index contributed by atoms with van der Waals surface area (Å²) >= 11 is 0. The largest absolute Gasteiger partial charge is 0.366 e. The highest BCUT2D eigenvalue weighted by Crippen LogP contribution is 2.22. The van der Waals surface area contributed by atoms with Gasteiger partial charge in [0.2, 0.25) is 5.91 Å². The molecule has 1 aliphatic carbocycles. The predicted molar refractivity (Wildman–Crippen MR) is 117 cm³/mol. The van der Waals surface area contributed by atoms with Crippen molar-refractivity contribution in [3.05, 3.63) is 59.7 Å². The molecule has 3 N–H and O–H groups in total. The quantitative estimate of drug-likeness (QED) is 0.687. The van der Waals surface area contributed by atoms with Gasteiger partial charge in [0.1, 0.15) is 0 Å². The molecule has 1 amide bonds. The molecule has 2 aromatic carbocycles. The maximum atomic E-state index is 11.3. The number of carbonyl (C=O) groups is 1. The molecule has 0 unspecified atom stereocenters. The molecule has 0 atom stereocenters. The SMILES string of the molecule is C.C.NC(=O)c1cccc(-c2ccc(CNC3CCCCCCC3)cc2)c1. The van der Waals surface area contributed by atoms with Crippen molar-refractivity contribution in [1.82, 2.24) is 5.32 Å². The number of nitrogens with two attached hydrogens (primary N) is 1. The zero-order chi connectivity index (χ0) is 17.5. The fourth-order valence-corrected chi connectivity index (χ4v) is 3.59. The van der Waals surface area contributed by atoms with Crippen molar-refractivity contribution >= 4 is 5.91 Å². The molecule has 2 aromatic rings. The van der Waals surface area contributed by atoms with Crippen molar-refractivity contribution in [2.75, 3.05) is 0 Å². The Morgan fingerprint density at radius 3 is 2.15 bits per heavy atom. The summed E-state index contributed by atoms with van der Waals surface area (Å²) in [6.07, 6.45) is 9.50. The van der Waals surface area contributed by atoms with Crippen molar-refractivity contribution < 1.29 is 4.79 Å². The average molecular weight is 369 g/mol. The van der Waals surface area contributed by atoms with E-state index in [-0.39, 0.29) is 20.8 Å². The van der Waals surface area contributed by atoms with Gasteiger partial charge in [0.05, 0.1) is 0 Å². The van der Waals surface area contributed by atoms with Gasteiger partial charge in [-0.2, -0.15) is 0 Å². The maximum Gasteiger partial charge on any atom is 0.248 e. The second-order valence-corrected chi connectivity index (χ2v) is 7.06. The van der Waals surface area contributed by atoms with Crippen LogP contribution in [0.4, 0.5) is 0 Å². The van der Waals surface area contributed by atoms with Crippen LogP contribution in [0.25, 0.3) is 11.1 Å². The molecule has 0 radical (unpaired) electrons. The minimum Gasteiger partial charge on any atom is -0.366 e. The van der Waals surface area contributed by atoms with Gasteiger partial charge in [-0.1, -0.05) is 83.4 Å². The van der Waals surface area contributed by atoms with Crippen LogP contribution in [0.3, 0.4) is 0 Å². The number of benzene rings is 2. The predicted octanol–water partition coefficient (Wildman–Crippen LogP) is 5.93. The summed E-state index contributed by atoms with van der Waals surface area (Å²) in [5.41, 5.74) is 9.35. The highest BCUT2D eigenvalue weighted by molar-refractivity contribution is 5.94. The molecule has 3 heteroatoms. The van der Waals surface area contributed by atoms with E-state index in [0.29, 0.717) is 11.6 Å². The number of amides is 1. The van der Waals surface area contributed by atoms with E-state index in [2.05, 4.69) is 29.6 Å². The summed E-state index contributed by atoms with van der Waals surface area (Å²) in [4.78, 5) is 11.3. The normalized spacial score (nSPS) is 15.0. The molecule has 27 heavy (non-hydrogen) atoms. The number of carbonyl (C=O) groups excluding carboxylic acids is 1. The van der Waals surface area contributed by atoms with Crippen LogP contribution in [0, 0.1) is 0 Å². The summed E-state index contributed by atoms with van der Waals surface area (Å²) in [6.45, 7) is 0.923. The standard InChI is InChI=1S/C22H28N2O.2CH4/c23-22(25)20-8-6-7-19(15-20)18-13-11-17(12-14-18)16-24-21-9-4-2-1-3-5-10-21;;/h6-8,11-15,21,24H,1-5,9-10,16H2,(H2,23,25);2*1H4. The number of nitrogens with one attached hydrogen (secondary N) is 1. The highest BCUT2D eigenvalue weighted by Gasteiger charge is 2.10. The van der Waals surface area contributed by atoms with E-state index in [1.165, 1.54) is 50.5 Å². The fourth-order valence-electron chi connectivity index (χ4n) is 3.59. The monoisotopic (exact) mass is 368 g/mol. The number of hydrogen-bond acceptors (Lipinski definition) is 2. The Bertz CT molecular complexity index is 686. The van der Waals surface area contributed by atoms with Crippen molar-refractivity contribution in [2.45, 2.75) is 72.4 Å². The molecular weight excluding hydrogens is 332 g/mol. The van der Waals surface area contributed by atoms with E-state index in [4.69, 9.17) is 5.73 Å². The van der Waals surface area contributed by atoms with Crippen molar-refractivity contribution in [3.63, 3.8) is 0 Å². The van der Waals surface area contributed by atoms with Crippen molar-refractivity contribution in [1.29, 1.82) is 0 Å². The lowest BCUT2D eigenvalue weighted by Crippen LogP contribution is -2.29. The Kier molecular flexibility index (Phi) is 9.81. The van der Waals surface area contributed by atoms with E-state index >= 15 is 0 Å². The molecule has 0 aliphatic heterocycles. The molecule has 0 heterocycles. The van der Waals surface area contributed by atoms with E-state index in [9.17, 15) is 4.79 Å². The first-order valence-electron chi connectivity index (χ1n) is 9.45. The van der Waals surface area contributed by atoms with Gasteiger partial charge in [0.25, 0.3) is 0 Å². The Balaban J connectivity index is 0.00000182. The first kappa shape index (κ1) is 22.9. The van der Waals surface area contributed by atoms with Crippen LogP contribution in [0.5, 0.6) is 0 Å². The topological polar surface area (TPSA) is 55.1 Å². The number of primary amides is 1. The fraction of sp³-hybridized carbons (Fsp3) is 0.458. The molecule has 1 fully saturated rings. The summed E-state index contributed by atoms with van der Waals surface area (Å²) < 4.78 is 0. The van der Waals surface area contributed by atoms with Gasteiger partial charge in [-0.3, -0.25) is 4.79 Å². The van der Waals surface area contributed by atoms with Gasteiger partial charge < -0.3 is 11.1 Å². The van der Waals surface area contributed by atoms with Crippen molar-refractivity contribution in [2.24, 2.45) is 5.73 Å². The highest BCUT2D eigenvalue weighted by atomic mass is 16.1.